The molecule has 0 radical (unpaired) electrons. The Balaban J connectivity index is 1.83. The fourth-order valence-corrected chi connectivity index (χ4v) is 3.78. The summed E-state index contributed by atoms with van der Waals surface area (Å²) >= 11 is 0. The molecule has 3 rings (SSSR count). The van der Waals surface area contributed by atoms with Crippen molar-refractivity contribution in [3.8, 4) is 17.6 Å². The molecular weight excluding hydrogens is 507 g/mol. The third-order valence-corrected chi connectivity index (χ3v) is 5.45. The monoisotopic (exact) mass is 531 g/mol. The fourth-order valence-electron chi connectivity index (χ4n) is 3.78. The number of nitrogens with zero attached hydrogens (tertiary/aromatic N) is 1. The molecule has 1 aliphatic heterocycles. The number of esters is 1. The van der Waals surface area contributed by atoms with Crippen LogP contribution in [0.15, 0.2) is 65.3 Å². The number of hydrogen-bond acceptors (Lipinski definition) is 8. The Morgan fingerprint density at radius 1 is 1.18 bits per heavy atom. The summed E-state index contributed by atoms with van der Waals surface area (Å²) in [6.07, 6.45) is -4.55. The molecule has 2 aromatic carbocycles. The van der Waals surface area contributed by atoms with Gasteiger partial charge in [0.15, 0.2) is 18.1 Å². The van der Waals surface area contributed by atoms with Crippen LogP contribution in [0, 0.1) is 11.3 Å². The highest BCUT2D eigenvalue weighted by Gasteiger charge is 2.37. The van der Waals surface area contributed by atoms with Crippen LogP contribution in [0.4, 0.5) is 18.9 Å². The first kappa shape index (κ1) is 27.9. The number of nitriles is 1. The lowest BCUT2D eigenvalue weighted by molar-refractivity contribution is -0.139. The lowest BCUT2D eigenvalue weighted by Gasteiger charge is -2.27. The summed E-state index contributed by atoms with van der Waals surface area (Å²) in [5.74, 6) is -1.98. The highest BCUT2D eigenvalue weighted by Crippen LogP contribution is 2.42. The van der Waals surface area contributed by atoms with Crippen molar-refractivity contribution in [2.24, 2.45) is 5.73 Å². The van der Waals surface area contributed by atoms with Crippen molar-refractivity contribution in [2.75, 3.05) is 25.6 Å². The summed E-state index contributed by atoms with van der Waals surface area (Å²) in [5, 5.41) is 12.1. The van der Waals surface area contributed by atoms with Crippen LogP contribution in [0.2, 0.25) is 0 Å². The van der Waals surface area contributed by atoms with E-state index in [9.17, 15) is 28.0 Å². The molecule has 2 aromatic rings. The summed E-state index contributed by atoms with van der Waals surface area (Å²) in [4.78, 5) is 25.0. The van der Waals surface area contributed by atoms with E-state index in [0.29, 0.717) is 5.56 Å². The lowest BCUT2D eigenvalue weighted by Crippen LogP contribution is -2.25. The van der Waals surface area contributed by atoms with Crippen LogP contribution in [0.5, 0.6) is 11.5 Å². The molecule has 0 saturated carbocycles. The predicted molar refractivity (Wildman–Crippen MR) is 129 cm³/mol. The van der Waals surface area contributed by atoms with Gasteiger partial charge in [0.05, 0.1) is 30.8 Å². The minimum atomic E-state index is -4.55. The summed E-state index contributed by atoms with van der Waals surface area (Å²) in [6.45, 7) is 2.73. The molecular formula is C26H24F3N3O6. The Kier molecular flexibility index (Phi) is 8.52. The summed E-state index contributed by atoms with van der Waals surface area (Å²) in [7, 11) is 1.35. The Morgan fingerprint density at radius 2 is 1.92 bits per heavy atom. The van der Waals surface area contributed by atoms with E-state index in [-0.39, 0.29) is 46.6 Å². The number of carbonyl (C=O) groups is 2. The standard InChI is InChI=1S/C26H24F3N3O6/c1-4-36-25(34)22-14(2)38-24(31)18(12-30)23(22)15-8-9-19(20(10-15)35-3)37-13-21(33)32-17-7-5-6-16(11-17)26(27,28)29/h5-11,23H,4,13,31H2,1-3H3,(H,32,33). The van der Waals surface area contributed by atoms with Gasteiger partial charge in [0.2, 0.25) is 5.88 Å². The van der Waals surface area contributed by atoms with Gasteiger partial charge in [0.1, 0.15) is 17.4 Å². The number of amides is 1. The molecule has 1 aliphatic rings. The quantitative estimate of drug-likeness (QED) is 0.480. The number of allylic oxidation sites excluding steroid dienone is 2. The first-order chi connectivity index (χ1) is 18.0. The molecule has 12 heteroatoms. The Morgan fingerprint density at radius 3 is 2.55 bits per heavy atom. The Bertz CT molecular complexity index is 1340. The number of alkyl halides is 3. The van der Waals surface area contributed by atoms with Crippen molar-refractivity contribution < 1.29 is 41.7 Å². The van der Waals surface area contributed by atoms with Gasteiger partial charge >= 0.3 is 12.1 Å². The van der Waals surface area contributed by atoms with Crippen molar-refractivity contribution in [1.82, 2.24) is 0 Å². The van der Waals surface area contributed by atoms with Gasteiger partial charge in [-0.3, -0.25) is 4.79 Å². The van der Waals surface area contributed by atoms with Crippen LogP contribution >= 0.6 is 0 Å². The van der Waals surface area contributed by atoms with Gasteiger partial charge in [-0.25, -0.2) is 4.79 Å². The Hall–Kier alpha value is -4.66. The van der Waals surface area contributed by atoms with Gasteiger partial charge < -0.3 is 30.0 Å². The van der Waals surface area contributed by atoms with E-state index in [1.165, 1.54) is 38.3 Å². The summed E-state index contributed by atoms with van der Waals surface area (Å²) in [6, 6.07) is 10.7. The zero-order valence-electron chi connectivity index (χ0n) is 20.6. The molecule has 1 unspecified atom stereocenters. The first-order valence-electron chi connectivity index (χ1n) is 11.2. The molecule has 0 bridgehead atoms. The highest BCUT2D eigenvalue weighted by atomic mass is 19.4. The zero-order valence-corrected chi connectivity index (χ0v) is 20.6. The van der Waals surface area contributed by atoms with E-state index in [2.05, 4.69) is 5.32 Å². The van der Waals surface area contributed by atoms with E-state index in [4.69, 9.17) is 24.7 Å². The lowest BCUT2D eigenvalue weighted by atomic mass is 9.83. The number of methoxy groups -OCH3 is 1. The van der Waals surface area contributed by atoms with Crippen molar-refractivity contribution in [2.45, 2.75) is 25.9 Å². The second-order valence-corrected chi connectivity index (χ2v) is 7.94. The van der Waals surface area contributed by atoms with Crippen molar-refractivity contribution in [3.63, 3.8) is 0 Å². The number of halogens is 3. The molecule has 1 atom stereocenters. The van der Waals surface area contributed by atoms with Crippen molar-refractivity contribution >= 4 is 17.6 Å². The SMILES string of the molecule is CCOC(=O)C1=C(C)OC(N)=C(C#N)C1c1ccc(OCC(=O)Nc2cccc(C(F)(F)F)c2)c(OC)c1. The number of benzene rings is 2. The summed E-state index contributed by atoms with van der Waals surface area (Å²) < 4.78 is 60.1. The van der Waals surface area contributed by atoms with Gasteiger partial charge in [0, 0.05) is 5.69 Å². The maximum atomic E-state index is 12.9. The van der Waals surface area contributed by atoms with Crippen LogP contribution in [-0.4, -0.2) is 32.2 Å². The average Bonchev–Trinajstić information content (AvgIpc) is 2.86. The maximum absolute atomic E-state index is 12.9. The molecule has 0 fully saturated rings. The van der Waals surface area contributed by atoms with Crippen LogP contribution in [-0.2, 0) is 25.2 Å². The van der Waals surface area contributed by atoms with Crippen molar-refractivity contribution in [1.29, 1.82) is 5.26 Å². The molecule has 1 amide bonds. The Labute approximate surface area is 216 Å². The topological polar surface area (TPSA) is 133 Å². The average molecular weight is 531 g/mol. The van der Waals surface area contributed by atoms with Gasteiger partial charge in [0.25, 0.3) is 5.91 Å². The number of rotatable bonds is 8. The van der Waals surface area contributed by atoms with E-state index in [1.54, 1.807) is 13.0 Å². The van der Waals surface area contributed by atoms with Crippen molar-refractivity contribution in [3.05, 3.63) is 76.4 Å². The molecule has 0 spiro atoms. The predicted octanol–water partition coefficient (Wildman–Crippen LogP) is 4.38. The molecule has 38 heavy (non-hydrogen) atoms. The minimum absolute atomic E-state index is 0.00478. The molecule has 0 saturated heterocycles. The first-order valence-corrected chi connectivity index (χ1v) is 11.2. The fraction of sp³-hybridized carbons (Fsp3) is 0.269. The normalized spacial score (nSPS) is 15.3. The zero-order chi connectivity index (χ0) is 28.0. The molecule has 1 heterocycles. The molecule has 9 nitrogen and oxygen atoms in total. The van der Waals surface area contributed by atoms with Crippen LogP contribution in [0.3, 0.4) is 0 Å². The second kappa shape index (κ2) is 11.6. The maximum Gasteiger partial charge on any atom is 0.416 e. The van der Waals surface area contributed by atoms with Crippen LogP contribution < -0.4 is 20.5 Å². The van der Waals surface area contributed by atoms with E-state index in [1.807, 2.05) is 6.07 Å². The third-order valence-electron chi connectivity index (χ3n) is 5.45. The molecule has 3 N–H and O–H groups in total. The molecule has 0 aliphatic carbocycles. The van der Waals surface area contributed by atoms with E-state index >= 15 is 0 Å². The van der Waals surface area contributed by atoms with Gasteiger partial charge in [-0.15, -0.1) is 0 Å². The smallest absolute Gasteiger partial charge is 0.416 e. The highest BCUT2D eigenvalue weighted by molar-refractivity contribution is 5.93. The largest absolute Gasteiger partial charge is 0.493 e. The van der Waals surface area contributed by atoms with Gasteiger partial charge in [-0.1, -0.05) is 12.1 Å². The number of hydrogen-bond donors (Lipinski definition) is 2. The number of carbonyl (C=O) groups excluding carboxylic acids is 2. The van der Waals surface area contributed by atoms with Gasteiger partial charge in [-0.2, -0.15) is 18.4 Å². The number of ether oxygens (including phenoxy) is 4. The summed E-state index contributed by atoms with van der Waals surface area (Å²) in [5.41, 5.74) is 5.48. The number of nitrogens with two attached hydrogens (primary N) is 1. The molecule has 0 aromatic heterocycles. The number of anilines is 1. The second-order valence-electron chi connectivity index (χ2n) is 7.94. The van der Waals surface area contributed by atoms with E-state index in [0.717, 1.165) is 12.1 Å². The van der Waals surface area contributed by atoms with E-state index < -0.39 is 36.1 Å². The molecule has 200 valence electrons. The minimum Gasteiger partial charge on any atom is -0.493 e. The van der Waals surface area contributed by atoms with Gasteiger partial charge in [-0.05, 0) is 49.7 Å². The number of nitrogens with one attached hydrogen (secondary N) is 1. The van der Waals surface area contributed by atoms with Crippen LogP contribution in [0.25, 0.3) is 0 Å². The van der Waals surface area contributed by atoms with Crippen LogP contribution in [0.1, 0.15) is 30.9 Å². The third kappa shape index (κ3) is 6.18.